The molecule has 1 aliphatic carbocycles. The zero-order valence-corrected chi connectivity index (χ0v) is 13.5. The van der Waals surface area contributed by atoms with E-state index in [1.807, 2.05) is 20.8 Å². The summed E-state index contributed by atoms with van der Waals surface area (Å²) in [6.45, 7) is 8.02. The van der Waals surface area contributed by atoms with Gasteiger partial charge in [-0.15, -0.1) is 0 Å². The molecule has 0 radical (unpaired) electrons. The maximum absolute atomic E-state index is 12.2. The summed E-state index contributed by atoms with van der Waals surface area (Å²) >= 11 is 0. The van der Waals surface area contributed by atoms with Crippen LogP contribution in [0.3, 0.4) is 0 Å². The number of ether oxygens (including phenoxy) is 1. The van der Waals surface area contributed by atoms with E-state index in [2.05, 4.69) is 4.90 Å². The molecule has 1 aromatic rings. The van der Waals surface area contributed by atoms with Crippen LogP contribution in [-0.4, -0.2) is 31.2 Å². The number of aromatic nitrogens is 1. The zero-order valence-electron chi connectivity index (χ0n) is 13.5. The normalized spacial score (nSPS) is 19.7. The van der Waals surface area contributed by atoms with Gasteiger partial charge in [-0.1, -0.05) is 0 Å². The van der Waals surface area contributed by atoms with Gasteiger partial charge in [-0.25, -0.2) is 9.78 Å². The number of hydrogen-bond donors (Lipinski definition) is 0. The first-order chi connectivity index (χ1) is 9.97. The van der Waals surface area contributed by atoms with Gasteiger partial charge < -0.3 is 9.64 Å². The molecule has 114 valence electrons. The second kappa shape index (κ2) is 5.00. The lowest BCUT2D eigenvalue weighted by molar-refractivity contribution is 0.0600. The minimum atomic E-state index is -0.273. The van der Waals surface area contributed by atoms with E-state index in [1.165, 1.54) is 32.8 Å². The van der Waals surface area contributed by atoms with E-state index >= 15 is 0 Å². The Hall–Kier alpha value is -1.58. The Kier molecular flexibility index (Phi) is 3.42. The third-order valence-electron chi connectivity index (χ3n) is 5.45. The lowest BCUT2D eigenvalue weighted by atomic mass is 9.93. The first-order valence-electron chi connectivity index (χ1n) is 7.78. The molecule has 4 heteroatoms. The van der Waals surface area contributed by atoms with Gasteiger partial charge in [-0.2, -0.15) is 0 Å². The number of carbonyl (C=O) groups excluding carboxylic acids is 1. The topological polar surface area (TPSA) is 42.4 Å². The van der Waals surface area contributed by atoms with Crippen LogP contribution in [0.2, 0.25) is 0 Å². The number of carbonyl (C=O) groups is 1. The summed E-state index contributed by atoms with van der Waals surface area (Å²) in [5.41, 5.74) is 4.34. The molecule has 0 amide bonds. The average molecular weight is 288 g/mol. The Labute approximate surface area is 126 Å². The fraction of sp³-hybridized carbons (Fsp3) is 0.647. The quantitative estimate of drug-likeness (QED) is 0.784. The van der Waals surface area contributed by atoms with Gasteiger partial charge in [-0.3, -0.25) is 0 Å². The van der Waals surface area contributed by atoms with Crippen molar-refractivity contribution in [1.82, 2.24) is 4.98 Å². The van der Waals surface area contributed by atoms with E-state index in [4.69, 9.17) is 9.72 Å². The summed E-state index contributed by atoms with van der Waals surface area (Å²) in [6, 6.07) is 0. The highest BCUT2D eigenvalue weighted by atomic mass is 16.5. The van der Waals surface area contributed by atoms with E-state index in [-0.39, 0.29) is 5.97 Å². The lowest BCUT2D eigenvalue weighted by Crippen LogP contribution is -2.36. The third-order valence-corrected chi connectivity index (χ3v) is 5.45. The molecule has 2 fully saturated rings. The summed E-state index contributed by atoms with van der Waals surface area (Å²) in [5.74, 6) is 0.544. The molecule has 1 aromatic heterocycles. The number of methoxy groups -OCH3 is 1. The molecule has 21 heavy (non-hydrogen) atoms. The van der Waals surface area contributed by atoms with Crippen molar-refractivity contribution in [2.45, 2.75) is 46.5 Å². The Morgan fingerprint density at radius 2 is 1.71 bits per heavy atom. The molecule has 0 unspecified atom stereocenters. The van der Waals surface area contributed by atoms with Gasteiger partial charge in [0.2, 0.25) is 0 Å². The number of nitrogens with zero attached hydrogens (tertiary/aromatic N) is 2. The van der Waals surface area contributed by atoms with Crippen molar-refractivity contribution in [3.05, 3.63) is 22.4 Å². The van der Waals surface area contributed by atoms with Crippen LogP contribution in [-0.2, 0) is 4.74 Å². The molecule has 0 bridgehead atoms. The van der Waals surface area contributed by atoms with Crippen molar-refractivity contribution in [3.63, 3.8) is 0 Å². The third kappa shape index (κ3) is 2.41. The van der Waals surface area contributed by atoms with Gasteiger partial charge in [0.15, 0.2) is 0 Å². The van der Waals surface area contributed by atoms with E-state index in [9.17, 15) is 4.79 Å². The zero-order chi connectivity index (χ0) is 15.2. The summed E-state index contributed by atoms with van der Waals surface area (Å²) in [5, 5.41) is 0. The number of esters is 1. The predicted octanol–water partition coefficient (Wildman–Crippen LogP) is 3.17. The Morgan fingerprint density at radius 1 is 1.10 bits per heavy atom. The molecule has 4 nitrogen and oxygen atoms in total. The van der Waals surface area contributed by atoms with Gasteiger partial charge >= 0.3 is 5.97 Å². The SMILES string of the molecule is COC(=O)c1c(N2CCC3(CC2)CC3)nc(C)c(C)c1C. The first-order valence-corrected chi connectivity index (χ1v) is 7.78. The molecule has 2 aliphatic rings. The number of pyridine rings is 1. The van der Waals surface area contributed by atoms with Crippen molar-refractivity contribution < 1.29 is 9.53 Å². The van der Waals surface area contributed by atoms with E-state index < -0.39 is 0 Å². The average Bonchev–Trinajstić information content (AvgIpc) is 3.24. The number of rotatable bonds is 2. The standard InChI is InChI=1S/C17H24N2O2/c1-11-12(2)14(16(20)21-4)15(18-13(11)3)19-9-7-17(5-6-17)8-10-19/h5-10H2,1-4H3. The van der Waals surface area contributed by atoms with Crippen molar-refractivity contribution in [3.8, 4) is 0 Å². The molecule has 0 N–H and O–H groups in total. The highest BCUT2D eigenvalue weighted by molar-refractivity contribution is 5.97. The van der Waals surface area contributed by atoms with Crippen LogP contribution < -0.4 is 4.90 Å². The highest BCUT2D eigenvalue weighted by Gasteiger charge is 2.45. The van der Waals surface area contributed by atoms with E-state index in [0.717, 1.165) is 35.7 Å². The van der Waals surface area contributed by atoms with E-state index in [1.54, 1.807) is 0 Å². The van der Waals surface area contributed by atoms with Gasteiger partial charge in [0, 0.05) is 18.8 Å². The van der Waals surface area contributed by atoms with Crippen LogP contribution in [0, 0.1) is 26.2 Å². The molecule has 0 aromatic carbocycles. The summed E-state index contributed by atoms with van der Waals surface area (Å²) in [6.07, 6.45) is 5.21. The molecule has 2 heterocycles. The van der Waals surface area contributed by atoms with Crippen LogP contribution in [0.5, 0.6) is 0 Å². The molecule has 1 aliphatic heterocycles. The molecule has 0 atom stereocenters. The number of anilines is 1. The number of aryl methyl sites for hydroxylation is 1. The minimum absolute atomic E-state index is 0.273. The molecule has 1 spiro atoms. The molecule has 3 rings (SSSR count). The minimum Gasteiger partial charge on any atom is -0.465 e. The Balaban J connectivity index is 1.98. The smallest absolute Gasteiger partial charge is 0.341 e. The monoisotopic (exact) mass is 288 g/mol. The van der Waals surface area contributed by atoms with Crippen LogP contribution in [0.15, 0.2) is 0 Å². The maximum Gasteiger partial charge on any atom is 0.341 e. The Morgan fingerprint density at radius 3 is 2.24 bits per heavy atom. The van der Waals surface area contributed by atoms with Crippen molar-refractivity contribution in [2.24, 2.45) is 5.41 Å². The summed E-state index contributed by atoms with van der Waals surface area (Å²) in [4.78, 5) is 19.2. The van der Waals surface area contributed by atoms with Gasteiger partial charge in [0.1, 0.15) is 11.4 Å². The largest absolute Gasteiger partial charge is 0.465 e. The number of hydrogen-bond acceptors (Lipinski definition) is 4. The van der Waals surface area contributed by atoms with Crippen LogP contribution in [0.25, 0.3) is 0 Å². The first kappa shape index (κ1) is 14.4. The molecular formula is C17H24N2O2. The van der Waals surface area contributed by atoms with Crippen LogP contribution >= 0.6 is 0 Å². The van der Waals surface area contributed by atoms with Gasteiger partial charge in [0.05, 0.1) is 7.11 Å². The van der Waals surface area contributed by atoms with Crippen molar-refractivity contribution in [1.29, 1.82) is 0 Å². The highest BCUT2D eigenvalue weighted by Crippen LogP contribution is 2.54. The van der Waals surface area contributed by atoms with Crippen LogP contribution in [0.1, 0.15) is 52.9 Å². The fourth-order valence-electron chi connectivity index (χ4n) is 3.37. The van der Waals surface area contributed by atoms with Crippen molar-refractivity contribution >= 4 is 11.8 Å². The van der Waals surface area contributed by atoms with Crippen molar-refractivity contribution in [2.75, 3.05) is 25.1 Å². The lowest BCUT2D eigenvalue weighted by Gasteiger charge is -2.34. The van der Waals surface area contributed by atoms with Gasteiger partial charge in [-0.05, 0) is 63.0 Å². The molecular weight excluding hydrogens is 264 g/mol. The predicted molar refractivity (Wildman–Crippen MR) is 82.9 cm³/mol. The van der Waals surface area contributed by atoms with Crippen LogP contribution in [0.4, 0.5) is 5.82 Å². The number of piperidine rings is 1. The second-order valence-corrected chi connectivity index (χ2v) is 6.62. The fourth-order valence-corrected chi connectivity index (χ4v) is 3.37. The molecule has 1 saturated carbocycles. The molecule has 1 saturated heterocycles. The maximum atomic E-state index is 12.2. The second-order valence-electron chi connectivity index (χ2n) is 6.62. The van der Waals surface area contributed by atoms with E-state index in [0.29, 0.717) is 11.0 Å². The Bertz CT molecular complexity index is 581. The summed E-state index contributed by atoms with van der Waals surface area (Å²) < 4.78 is 4.99. The summed E-state index contributed by atoms with van der Waals surface area (Å²) in [7, 11) is 1.44. The van der Waals surface area contributed by atoms with Gasteiger partial charge in [0.25, 0.3) is 0 Å².